The van der Waals surface area contributed by atoms with Gasteiger partial charge in [-0.05, 0) is 12.8 Å². The molecule has 0 aliphatic carbocycles. The van der Waals surface area contributed by atoms with Gasteiger partial charge in [-0.15, -0.1) is 6.42 Å². The van der Waals surface area contributed by atoms with E-state index in [4.69, 9.17) is 16.9 Å². The summed E-state index contributed by atoms with van der Waals surface area (Å²) < 4.78 is 5.18. The first kappa shape index (κ1) is 7.59. The highest BCUT2D eigenvalue weighted by molar-refractivity contribution is 5.07. The molecule has 0 radical (unpaired) electrons. The van der Waals surface area contributed by atoms with Crippen LogP contribution in [-0.4, -0.2) is 19.8 Å². The van der Waals surface area contributed by atoms with Gasteiger partial charge in [0.1, 0.15) is 0 Å². The van der Waals surface area contributed by atoms with Gasteiger partial charge in [0.15, 0.2) is 0 Å². The van der Waals surface area contributed by atoms with E-state index in [2.05, 4.69) is 5.92 Å². The summed E-state index contributed by atoms with van der Waals surface area (Å²) in [7, 11) is 0. The molecule has 0 aromatic heterocycles. The first-order chi connectivity index (χ1) is 4.83. The molecule has 0 bridgehead atoms. The van der Waals surface area contributed by atoms with Crippen molar-refractivity contribution in [2.75, 3.05) is 19.8 Å². The predicted octanol–water partition coefficient (Wildman–Crippen LogP) is 0.375. The molecule has 1 rings (SSSR count). The highest BCUT2D eigenvalue weighted by Crippen LogP contribution is 2.27. The number of hydrogen-bond acceptors (Lipinski definition) is 2. The Morgan fingerprint density at radius 3 is 2.40 bits per heavy atom. The zero-order chi connectivity index (χ0) is 7.45. The van der Waals surface area contributed by atoms with Crippen molar-refractivity contribution in [1.82, 2.24) is 0 Å². The summed E-state index contributed by atoms with van der Waals surface area (Å²) in [6.45, 7) is 2.12. The third-order valence-electron chi connectivity index (χ3n) is 2.15. The highest BCUT2D eigenvalue weighted by Gasteiger charge is 2.28. The van der Waals surface area contributed by atoms with E-state index in [0.29, 0.717) is 6.54 Å². The molecule has 0 atom stereocenters. The lowest BCUT2D eigenvalue weighted by molar-refractivity contribution is 0.0449. The fourth-order valence-corrected chi connectivity index (χ4v) is 1.17. The molecular formula is C8H13NO. The summed E-state index contributed by atoms with van der Waals surface area (Å²) in [4.78, 5) is 0. The molecule has 2 N–H and O–H groups in total. The van der Waals surface area contributed by atoms with E-state index < -0.39 is 0 Å². The largest absolute Gasteiger partial charge is 0.381 e. The average molecular weight is 139 g/mol. The van der Waals surface area contributed by atoms with Crippen LogP contribution in [0.5, 0.6) is 0 Å². The van der Waals surface area contributed by atoms with E-state index in [1.807, 2.05) is 0 Å². The van der Waals surface area contributed by atoms with Crippen LogP contribution in [-0.2, 0) is 4.74 Å². The number of ether oxygens (including phenoxy) is 1. The maximum Gasteiger partial charge on any atom is 0.0481 e. The average Bonchev–Trinajstić information content (AvgIpc) is 2.06. The molecule has 1 aliphatic rings. The van der Waals surface area contributed by atoms with Crippen molar-refractivity contribution in [3.05, 3.63) is 0 Å². The Hall–Kier alpha value is -0.520. The summed E-state index contributed by atoms with van der Waals surface area (Å²) in [5.74, 6) is 2.76. The predicted molar refractivity (Wildman–Crippen MR) is 40.4 cm³/mol. The Morgan fingerprint density at radius 1 is 1.50 bits per heavy atom. The summed E-state index contributed by atoms with van der Waals surface area (Å²) in [6, 6.07) is 0. The molecule has 56 valence electrons. The molecule has 0 aromatic rings. The summed E-state index contributed by atoms with van der Waals surface area (Å²) >= 11 is 0. The van der Waals surface area contributed by atoms with E-state index in [-0.39, 0.29) is 5.41 Å². The second-order valence-electron chi connectivity index (χ2n) is 2.74. The van der Waals surface area contributed by atoms with Gasteiger partial charge < -0.3 is 10.5 Å². The number of terminal acetylenes is 1. The normalized spacial score (nSPS) is 23.6. The van der Waals surface area contributed by atoms with Gasteiger partial charge in [0.25, 0.3) is 0 Å². The van der Waals surface area contributed by atoms with Gasteiger partial charge in [0.05, 0.1) is 0 Å². The monoisotopic (exact) mass is 139 g/mol. The zero-order valence-corrected chi connectivity index (χ0v) is 6.10. The molecule has 0 spiro atoms. The zero-order valence-electron chi connectivity index (χ0n) is 6.10. The van der Waals surface area contributed by atoms with Gasteiger partial charge in [-0.2, -0.15) is 0 Å². The van der Waals surface area contributed by atoms with E-state index >= 15 is 0 Å². The van der Waals surface area contributed by atoms with Crippen LogP contribution in [0, 0.1) is 17.8 Å². The Labute approximate surface area is 61.7 Å². The molecular weight excluding hydrogens is 126 g/mol. The van der Waals surface area contributed by atoms with Crippen LogP contribution in [0.2, 0.25) is 0 Å². The number of nitrogens with two attached hydrogens (primary N) is 1. The molecule has 1 saturated heterocycles. The van der Waals surface area contributed by atoms with E-state index in [1.54, 1.807) is 0 Å². The Kier molecular flexibility index (Phi) is 2.31. The van der Waals surface area contributed by atoms with Gasteiger partial charge in [-0.3, -0.25) is 0 Å². The van der Waals surface area contributed by atoms with Crippen LogP contribution in [0.4, 0.5) is 0 Å². The van der Waals surface area contributed by atoms with E-state index in [9.17, 15) is 0 Å². The third kappa shape index (κ3) is 1.31. The van der Waals surface area contributed by atoms with Crippen LogP contribution >= 0.6 is 0 Å². The molecule has 2 nitrogen and oxygen atoms in total. The first-order valence-electron chi connectivity index (χ1n) is 3.58. The second kappa shape index (κ2) is 3.05. The summed E-state index contributed by atoms with van der Waals surface area (Å²) in [5, 5.41) is 0. The molecule has 0 aromatic carbocycles. The molecule has 1 aliphatic heterocycles. The number of rotatable bonds is 1. The van der Waals surface area contributed by atoms with Gasteiger partial charge in [-0.25, -0.2) is 0 Å². The standard InChI is InChI=1S/C8H13NO/c1-2-8(7-9)3-5-10-6-4-8/h1H,3-7,9H2. The van der Waals surface area contributed by atoms with Gasteiger partial charge in [-0.1, -0.05) is 5.92 Å². The maximum absolute atomic E-state index is 5.55. The Balaban J connectivity index is 2.55. The lowest BCUT2D eigenvalue weighted by Crippen LogP contribution is -2.35. The van der Waals surface area contributed by atoms with Crippen LogP contribution in [0.15, 0.2) is 0 Å². The molecule has 1 fully saturated rings. The fraction of sp³-hybridized carbons (Fsp3) is 0.750. The van der Waals surface area contributed by atoms with Crippen LogP contribution in [0.3, 0.4) is 0 Å². The Bertz CT molecular complexity index is 142. The van der Waals surface area contributed by atoms with Crippen LogP contribution in [0.1, 0.15) is 12.8 Å². The van der Waals surface area contributed by atoms with Gasteiger partial charge >= 0.3 is 0 Å². The summed E-state index contributed by atoms with van der Waals surface area (Å²) in [5.41, 5.74) is 5.49. The molecule has 0 amide bonds. The summed E-state index contributed by atoms with van der Waals surface area (Å²) in [6.07, 6.45) is 7.20. The van der Waals surface area contributed by atoms with E-state index in [0.717, 1.165) is 26.1 Å². The quantitative estimate of drug-likeness (QED) is 0.533. The second-order valence-corrected chi connectivity index (χ2v) is 2.74. The van der Waals surface area contributed by atoms with Crippen molar-refractivity contribution >= 4 is 0 Å². The molecule has 0 unspecified atom stereocenters. The molecule has 10 heavy (non-hydrogen) atoms. The minimum absolute atomic E-state index is 0.0573. The van der Waals surface area contributed by atoms with Crippen molar-refractivity contribution < 1.29 is 4.74 Å². The highest BCUT2D eigenvalue weighted by atomic mass is 16.5. The van der Waals surface area contributed by atoms with Crippen molar-refractivity contribution in [3.8, 4) is 12.3 Å². The minimum Gasteiger partial charge on any atom is -0.381 e. The molecule has 2 heteroatoms. The topological polar surface area (TPSA) is 35.2 Å². The van der Waals surface area contributed by atoms with Crippen LogP contribution in [0.25, 0.3) is 0 Å². The van der Waals surface area contributed by atoms with E-state index in [1.165, 1.54) is 0 Å². The van der Waals surface area contributed by atoms with Gasteiger partial charge in [0, 0.05) is 25.2 Å². The SMILES string of the molecule is C#CC1(CN)CCOCC1. The smallest absolute Gasteiger partial charge is 0.0481 e. The molecule has 0 saturated carbocycles. The lowest BCUT2D eigenvalue weighted by atomic mass is 9.81. The number of hydrogen-bond donors (Lipinski definition) is 1. The van der Waals surface area contributed by atoms with Crippen molar-refractivity contribution in [2.45, 2.75) is 12.8 Å². The van der Waals surface area contributed by atoms with Crippen molar-refractivity contribution in [2.24, 2.45) is 11.1 Å². The Morgan fingerprint density at radius 2 is 2.10 bits per heavy atom. The maximum atomic E-state index is 5.55. The van der Waals surface area contributed by atoms with Gasteiger partial charge in [0.2, 0.25) is 0 Å². The lowest BCUT2D eigenvalue weighted by Gasteiger charge is -2.30. The molecule has 1 heterocycles. The minimum atomic E-state index is -0.0573. The van der Waals surface area contributed by atoms with Crippen LogP contribution < -0.4 is 5.73 Å². The first-order valence-corrected chi connectivity index (χ1v) is 3.58. The van der Waals surface area contributed by atoms with Crippen molar-refractivity contribution in [1.29, 1.82) is 0 Å². The van der Waals surface area contributed by atoms with Crippen molar-refractivity contribution in [3.63, 3.8) is 0 Å². The fourth-order valence-electron chi connectivity index (χ4n) is 1.17. The third-order valence-corrected chi connectivity index (χ3v) is 2.15.